The van der Waals surface area contributed by atoms with Crippen LogP contribution in [0.25, 0.3) is 0 Å². The van der Waals surface area contributed by atoms with Crippen molar-refractivity contribution >= 4 is 29.3 Å². The van der Waals surface area contributed by atoms with Crippen molar-refractivity contribution in [3.63, 3.8) is 0 Å². The molecule has 1 aromatic rings. The number of aryl methyl sites for hydroxylation is 1. The number of carbonyl (C=O) groups excluding carboxylic acids is 2. The molecule has 0 spiro atoms. The van der Waals surface area contributed by atoms with E-state index in [2.05, 4.69) is 5.32 Å². The molecule has 2 amide bonds. The molecule has 0 saturated carbocycles. The van der Waals surface area contributed by atoms with Crippen LogP contribution < -0.4 is 10.1 Å². The SMILES string of the molecule is CCOC(=O)[C@@H]1CCCN(C(=O)Nc2cc(C)c(Cl)cc2OC)C1. The van der Waals surface area contributed by atoms with E-state index in [-0.39, 0.29) is 17.9 Å². The standard InChI is InChI=1S/C17H23ClN2O4/c1-4-24-16(21)12-6-5-7-20(10-12)17(22)19-14-8-11(2)13(18)9-15(14)23-3/h8-9,12H,4-7,10H2,1-3H3,(H,19,22)/t12-/m1/s1. The molecule has 0 bridgehead atoms. The summed E-state index contributed by atoms with van der Waals surface area (Å²) in [5.74, 6) is -0.00822. The minimum absolute atomic E-state index is 0.241. The number of nitrogens with zero attached hydrogens (tertiary/aromatic N) is 1. The van der Waals surface area contributed by atoms with Gasteiger partial charge in [0.1, 0.15) is 5.75 Å². The fourth-order valence-corrected chi connectivity index (χ4v) is 2.89. The van der Waals surface area contributed by atoms with Gasteiger partial charge in [-0.3, -0.25) is 4.79 Å². The number of ether oxygens (including phenoxy) is 2. The van der Waals surface area contributed by atoms with Gasteiger partial charge >= 0.3 is 12.0 Å². The summed E-state index contributed by atoms with van der Waals surface area (Å²) in [5.41, 5.74) is 1.40. The fraction of sp³-hybridized carbons (Fsp3) is 0.529. The first-order valence-corrected chi connectivity index (χ1v) is 8.40. The highest BCUT2D eigenvalue weighted by Crippen LogP contribution is 2.31. The van der Waals surface area contributed by atoms with E-state index in [1.54, 1.807) is 24.0 Å². The van der Waals surface area contributed by atoms with Gasteiger partial charge in [-0.25, -0.2) is 4.79 Å². The zero-order valence-corrected chi connectivity index (χ0v) is 15.0. The molecule has 1 aliphatic heterocycles. The number of halogens is 1. The van der Waals surface area contributed by atoms with Crippen LogP contribution in [0.3, 0.4) is 0 Å². The van der Waals surface area contributed by atoms with Crippen LogP contribution in [0.5, 0.6) is 5.75 Å². The second-order valence-electron chi connectivity index (χ2n) is 5.77. The molecule has 0 radical (unpaired) electrons. The second-order valence-corrected chi connectivity index (χ2v) is 6.18. The Kier molecular flexibility index (Phi) is 6.31. The maximum absolute atomic E-state index is 12.5. The summed E-state index contributed by atoms with van der Waals surface area (Å²) in [6.07, 6.45) is 1.51. The van der Waals surface area contributed by atoms with E-state index in [1.807, 2.05) is 6.92 Å². The third-order valence-corrected chi connectivity index (χ3v) is 4.46. The predicted molar refractivity (Wildman–Crippen MR) is 92.7 cm³/mol. The minimum Gasteiger partial charge on any atom is -0.495 e. The molecule has 132 valence electrons. The number of esters is 1. The average molecular weight is 355 g/mol. The molecular formula is C17H23ClN2O4. The number of urea groups is 1. The predicted octanol–water partition coefficient (Wildman–Crippen LogP) is 3.46. The zero-order valence-electron chi connectivity index (χ0n) is 14.2. The highest BCUT2D eigenvalue weighted by Gasteiger charge is 2.29. The first kappa shape index (κ1) is 18.4. The summed E-state index contributed by atoms with van der Waals surface area (Å²) in [7, 11) is 1.52. The van der Waals surface area contributed by atoms with Crippen LogP contribution in [-0.4, -0.2) is 43.7 Å². The summed E-state index contributed by atoms with van der Waals surface area (Å²) in [5, 5.41) is 3.42. The molecule has 24 heavy (non-hydrogen) atoms. The fourth-order valence-electron chi connectivity index (χ4n) is 2.74. The van der Waals surface area contributed by atoms with E-state index in [0.29, 0.717) is 36.2 Å². The Hall–Kier alpha value is -1.95. The highest BCUT2D eigenvalue weighted by atomic mass is 35.5. The Labute approximate surface area is 147 Å². The number of rotatable bonds is 4. The minimum atomic E-state index is -0.265. The normalized spacial score (nSPS) is 17.3. The van der Waals surface area contributed by atoms with Gasteiger partial charge in [0.25, 0.3) is 0 Å². The van der Waals surface area contributed by atoms with Crippen LogP contribution in [0.15, 0.2) is 12.1 Å². The Morgan fingerprint density at radius 1 is 1.42 bits per heavy atom. The van der Waals surface area contributed by atoms with Gasteiger partial charge in [-0.2, -0.15) is 0 Å². The molecule has 1 aromatic carbocycles. The summed E-state index contributed by atoms with van der Waals surface area (Å²) in [6.45, 7) is 4.95. The number of carbonyl (C=O) groups is 2. The van der Waals surface area contributed by atoms with Gasteiger partial charge in [-0.1, -0.05) is 11.6 Å². The van der Waals surface area contributed by atoms with Crippen molar-refractivity contribution in [3.8, 4) is 5.75 Å². The maximum atomic E-state index is 12.5. The number of amides is 2. The summed E-state index contributed by atoms with van der Waals surface area (Å²) >= 11 is 6.08. The number of hydrogen-bond donors (Lipinski definition) is 1. The van der Waals surface area contributed by atoms with Crippen LogP contribution in [-0.2, 0) is 9.53 Å². The van der Waals surface area contributed by atoms with Gasteiger partial charge in [0.05, 0.1) is 25.3 Å². The van der Waals surface area contributed by atoms with Crippen LogP contribution >= 0.6 is 11.6 Å². The average Bonchev–Trinajstić information content (AvgIpc) is 2.58. The van der Waals surface area contributed by atoms with Crippen molar-refractivity contribution in [3.05, 3.63) is 22.7 Å². The number of likely N-dealkylation sites (tertiary alicyclic amines) is 1. The van der Waals surface area contributed by atoms with Crippen molar-refractivity contribution in [2.45, 2.75) is 26.7 Å². The van der Waals surface area contributed by atoms with Gasteiger partial charge in [0, 0.05) is 24.2 Å². The Morgan fingerprint density at radius 2 is 2.17 bits per heavy atom. The van der Waals surface area contributed by atoms with Gasteiger partial charge in [0.15, 0.2) is 0 Å². The van der Waals surface area contributed by atoms with E-state index in [1.165, 1.54) is 7.11 Å². The summed E-state index contributed by atoms with van der Waals surface area (Å²) in [6, 6.07) is 3.18. The summed E-state index contributed by atoms with van der Waals surface area (Å²) < 4.78 is 10.3. The number of piperidine rings is 1. The van der Waals surface area contributed by atoms with Gasteiger partial charge < -0.3 is 19.7 Å². The van der Waals surface area contributed by atoms with Crippen LogP contribution in [0.2, 0.25) is 5.02 Å². The van der Waals surface area contributed by atoms with Gasteiger partial charge in [0.2, 0.25) is 0 Å². The molecule has 1 saturated heterocycles. The third kappa shape index (κ3) is 4.32. The quantitative estimate of drug-likeness (QED) is 0.841. The van der Waals surface area contributed by atoms with Crippen molar-refractivity contribution < 1.29 is 19.1 Å². The van der Waals surface area contributed by atoms with Gasteiger partial charge in [-0.15, -0.1) is 0 Å². The number of benzene rings is 1. The molecule has 6 nitrogen and oxygen atoms in total. The number of hydrogen-bond acceptors (Lipinski definition) is 4. The largest absolute Gasteiger partial charge is 0.495 e. The van der Waals surface area contributed by atoms with Crippen LogP contribution in [0, 0.1) is 12.8 Å². The van der Waals surface area contributed by atoms with Crippen molar-refractivity contribution in [1.29, 1.82) is 0 Å². The van der Waals surface area contributed by atoms with Crippen molar-refractivity contribution in [2.24, 2.45) is 5.92 Å². The lowest BCUT2D eigenvalue weighted by Gasteiger charge is -2.31. The maximum Gasteiger partial charge on any atom is 0.321 e. The lowest BCUT2D eigenvalue weighted by Crippen LogP contribution is -2.44. The molecule has 1 N–H and O–H groups in total. The number of anilines is 1. The van der Waals surface area contributed by atoms with Crippen molar-refractivity contribution in [2.75, 3.05) is 32.1 Å². The van der Waals surface area contributed by atoms with Crippen LogP contribution in [0.1, 0.15) is 25.3 Å². The number of methoxy groups -OCH3 is 1. The van der Waals surface area contributed by atoms with Crippen molar-refractivity contribution in [1.82, 2.24) is 4.90 Å². The van der Waals surface area contributed by atoms with E-state index in [0.717, 1.165) is 18.4 Å². The van der Waals surface area contributed by atoms with E-state index in [9.17, 15) is 9.59 Å². The molecule has 2 rings (SSSR count). The Morgan fingerprint density at radius 3 is 2.83 bits per heavy atom. The van der Waals surface area contributed by atoms with Gasteiger partial charge in [-0.05, 0) is 38.3 Å². The topological polar surface area (TPSA) is 67.9 Å². The highest BCUT2D eigenvalue weighted by molar-refractivity contribution is 6.31. The van der Waals surface area contributed by atoms with E-state index < -0.39 is 0 Å². The number of nitrogens with one attached hydrogen (secondary N) is 1. The molecule has 7 heteroatoms. The molecular weight excluding hydrogens is 332 g/mol. The first-order valence-electron chi connectivity index (χ1n) is 8.03. The second kappa shape index (κ2) is 8.24. The smallest absolute Gasteiger partial charge is 0.321 e. The molecule has 1 aliphatic rings. The molecule has 1 heterocycles. The lowest BCUT2D eigenvalue weighted by molar-refractivity contribution is -0.149. The Balaban J connectivity index is 2.07. The molecule has 0 aromatic heterocycles. The molecule has 1 fully saturated rings. The first-order chi connectivity index (χ1) is 11.5. The molecule has 0 aliphatic carbocycles. The Bertz CT molecular complexity index is 621. The lowest BCUT2D eigenvalue weighted by atomic mass is 9.98. The monoisotopic (exact) mass is 354 g/mol. The molecule has 0 unspecified atom stereocenters. The third-order valence-electron chi connectivity index (χ3n) is 4.05. The van der Waals surface area contributed by atoms with Crippen LogP contribution in [0.4, 0.5) is 10.5 Å². The van der Waals surface area contributed by atoms with E-state index >= 15 is 0 Å². The zero-order chi connectivity index (χ0) is 17.7. The summed E-state index contributed by atoms with van der Waals surface area (Å²) in [4.78, 5) is 26.1. The molecule has 1 atom stereocenters. The van der Waals surface area contributed by atoms with E-state index in [4.69, 9.17) is 21.1 Å².